The Morgan fingerprint density at radius 1 is 1.15 bits per heavy atom. The van der Waals surface area contributed by atoms with Gasteiger partial charge in [0.2, 0.25) is 5.88 Å². The molecule has 4 rings (SSSR count). The van der Waals surface area contributed by atoms with E-state index in [1.807, 2.05) is 30.3 Å². The van der Waals surface area contributed by atoms with E-state index in [0.29, 0.717) is 27.3 Å². The molecule has 0 radical (unpaired) electrons. The van der Waals surface area contributed by atoms with E-state index in [2.05, 4.69) is 4.98 Å². The Labute approximate surface area is 199 Å². The number of thiocarbonyl (C=S) groups is 1. The van der Waals surface area contributed by atoms with E-state index in [4.69, 9.17) is 21.7 Å². The van der Waals surface area contributed by atoms with Gasteiger partial charge in [-0.25, -0.2) is 4.98 Å². The summed E-state index contributed by atoms with van der Waals surface area (Å²) in [7, 11) is 1.49. The molecular formula is C23H17N3O5S2. The minimum atomic E-state index is -0.533. The average Bonchev–Trinajstić information content (AvgIpc) is 3.08. The van der Waals surface area contributed by atoms with Crippen molar-refractivity contribution in [2.75, 3.05) is 7.11 Å². The van der Waals surface area contributed by atoms with E-state index in [0.717, 1.165) is 17.3 Å². The van der Waals surface area contributed by atoms with Gasteiger partial charge in [0, 0.05) is 12.1 Å². The second kappa shape index (κ2) is 9.80. The first-order chi connectivity index (χ1) is 15.9. The summed E-state index contributed by atoms with van der Waals surface area (Å²) in [4.78, 5) is 29.2. The molecule has 0 N–H and O–H groups in total. The van der Waals surface area contributed by atoms with E-state index in [9.17, 15) is 14.9 Å². The molecule has 3 aromatic rings. The highest BCUT2D eigenvalue weighted by atomic mass is 32.2. The topological polar surface area (TPSA) is 94.8 Å². The van der Waals surface area contributed by atoms with Crippen molar-refractivity contribution >= 4 is 46.0 Å². The van der Waals surface area contributed by atoms with Crippen molar-refractivity contribution in [3.63, 3.8) is 0 Å². The summed E-state index contributed by atoms with van der Waals surface area (Å²) in [6, 6.07) is 17.6. The van der Waals surface area contributed by atoms with Crippen LogP contribution in [0.5, 0.6) is 17.4 Å². The number of methoxy groups -OCH3 is 1. The standard InChI is InChI=1S/C23H17N3O5S2/c1-30-19-11-16(7-9-18(19)31-21-10-8-17(13-24-21)26(28)29)12-20-22(27)25(23(32)33-20)14-15-5-3-2-4-6-15/h2-13H,14H2,1H3/b20-12-. The number of rotatable bonds is 7. The van der Waals surface area contributed by atoms with Gasteiger partial charge in [0.1, 0.15) is 10.5 Å². The molecule has 0 atom stereocenters. The zero-order chi connectivity index (χ0) is 23.4. The van der Waals surface area contributed by atoms with Crippen LogP contribution in [0.3, 0.4) is 0 Å². The van der Waals surface area contributed by atoms with Gasteiger partial charge in [-0.05, 0) is 29.3 Å². The van der Waals surface area contributed by atoms with E-state index in [-0.39, 0.29) is 17.5 Å². The van der Waals surface area contributed by atoms with E-state index >= 15 is 0 Å². The molecule has 1 aliphatic rings. The van der Waals surface area contributed by atoms with Crippen molar-refractivity contribution < 1.29 is 19.2 Å². The first-order valence-electron chi connectivity index (χ1n) is 9.70. The van der Waals surface area contributed by atoms with Crippen molar-refractivity contribution in [1.29, 1.82) is 0 Å². The van der Waals surface area contributed by atoms with E-state index < -0.39 is 4.92 Å². The predicted molar refractivity (Wildman–Crippen MR) is 129 cm³/mol. The van der Waals surface area contributed by atoms with Crippen LogP contribution in [0.2, 0.25) is 0 Å². The Bertz CT molecular complexity index is 1250. The quantitative estimate of drug-likeness (QED) is 0.198. The maximum absolute atomic E-state index is 12.9. The number of hydrogen-bond donors (Lipinski definition) is 0. The predicted octanol–water partition coefficient (Wildman–Crippen LogP) is 5.19. The third-order valence-corrected chi connectivity index (χ3v) is 6.07. The number of amides is 1. The monoisotopic (exact) mass is 479 g/mol. The number of carbonyl (C=O) groups excluding carboxylic acids is 1. The van der Waals surface area contributed by atoms with Crippen LogP contribution in [-0.4, -0.2) is 32.1 Å². The first-order valence-corrected chi connectivity index (χ1v) is 10.9. The molecule has 10 heteroatoms. The maximum Gasteiger partial charge on any atom is 0.287 e. The molecule has 2 heterocycles. The number of pyridine rings is 1. The number of nitrogens with zero attached hydrogens (tertiary/aromatic N) is 3. The highest BCUT2D eigenvalue weighted by Gasteiger charge is 2.32. The molecule has 166 valence electrons. The Morgan fingerprint density at radius 2 is 1.94 bits per heavy atom. The minimum Gasteiger partial charge on any atom is -0.493 e. The summed E-state index contributed by atoms with van der Waals surface area (Å²) < 4.78 is 11.6. The number of thioether (sulfide) groups is 1. The smallest absolute Gasteiger partial charge is 0.287 e. The first kappa shape index (κ1) is 22.4. The van der Waals surface area contributed by atoms with Crippen LogP contribution >= 0.6 is 24.0 Å². The summed E-state index contributed by atoms with van der Waals surface area (Å²) in [5.41, 5.74) is 1.60. The van der Waals surface area contributed by atoms with Crippen LogP contribution in [0.4, 0.5) is 5.69 Å². The number of carbonyl (C=O) groups is 1. The van der Waals surface area contributed by atoms with Crippen molar-refractivity contribution in [3.05, 3.63) is 93.0 Å². The van der Waals surface area contributed by atoms with Crippen molar-refractivity contribution in [3.8, 4) is 17.4 Å². The van der Waals surface area contributed by atoms with Crippen molar-refractivity contribution in [2.45, 2.75) is 6.54 Å². The molecule has 33 heavy (non-hydrogen) atoms. The molecular weight excluding hydrogens is 462 g/mol. The van der Waals surface area contributed by atoms with Crippen molar-refractivity contribution in [1.82, 2.24) is 9.88 Å². The third kappa shape index (κ3) is 5.18. The van der Waals surface area contributed by atoms with Crippen LogP contribution in [0.15, 0.2) is 71.8 Å². The number of benzene rings is 2. The summed E-state index contributed by atoms with van der Waals surface area (Å²) in [5, 5.41) is 10.8. The summed E-state index contributed by atoms with van der Waals surface area (Å²) in [6.07, 6.45) is 2.87. The fraction of sp³-hybridized carbons (Fsp3) is 0.0870. The lowest BCUT2D eigenvalue weighted by Gasteiger charge is -2.14. The van der Waals surface area contributed by atoms with Gasteiger partial charge in [-0.1, -0.05) is 60.4 Å². The van der Waals surface area contributed by atoms with Crippen LogP contribution in [-0.2, 0) is 11.3 Å². The molecule has 2 aromatic carbocycles. The second-order valence-electron chi connectivity index (χ2n) is 6.88. The lowest BCUT2D eigenvalue weighted by atomic mass is 10.1. The number of hydrogen-bond acceptors (Lipinski definition) is 8. The molecule has 8 nitrogen and oxygen atoms in total. The SMILES string of the molecule is COc1cc(/C=C2\SC(=S)N(Cc3ccccc3)C2=O)ccc1Oc1ccc([N+](=O)[O-])cn1. The van der Waals surface area contributed by atoms with Crippen LogP contribution in [0.25, 0.3) is 6.08 Å². The Morgan fingerprint density at radius 3 is 2.61 bits per heavy atom. The molecule has 0 unspecified atom stereocenters. The molecule has 1 aliphatic heterocycles. The lowest BCUT2D eigenvalue weighted by molar-refractivity contribution is -0.385. The fourth-order valence-corrected chi connectivity index (χ4v) is 4.32. The van der Waals surface area contributed by atoms with Gasteiger partial charge in [0.25, 0.3) is 11.6 Å². The van der Waals surface area contributed by atoms with Gasteiger partial charge in [0.05, 0.1) is 23.5 Å². The van der Waals surface area contributed by atoms with Crippen LogP contribution in [0.1, 0.15) is 11.1 Å². The van der Waals surface area contributed by atoms with Gasteiger partial charge in [-0.2, -0.15) is 0 Å². The minimum absolute atomic E-state index is 0.130. The fourth-order valence-electron chi connectivity index (χ4n) is 3.07. The van der Waals surface area contributed by atoms with Gasteiger partial charge in [-0.3, -0.25) is 19.8 Å². The van der Waals surface area contributed by atoms with Gasteiger partial charge < -0.3 is 9.47 Å². The largest absolute Gasteiger partial charge is 0.493 e. The molecule has 0 bridgehead atoms. The van der Waals surface area contributed by atoms with Crippen molar-refractivity contribution in [2.24, 2.45) is 0 Å². The lowest BCUT2D eigenvalue weighted by Crippen LogP contribution is -2.27. The second-order valence-corrected chi connectivity index (χ2v) is 8.55. The third-order valence-electron chi connectivity index (χ3n) is 4.69. The van der Waals surface area contributed by atoms with E-state index in [1.54, 1.807) is 29.2 Å². The van der Waals surface area contributed by atoms with Gasteiger partial charge >= 0.3 is 0 Å². The number of ether oxygens (including phenoxy) is 2. The van der Waals surface area contributed by atoms with Gasteiger partial charge in [-0.15, -0.1) is 0 Å². The van der Waals surface area contributed by atoms with Crippen LogP contribution < -0.4 is 9.47 Å². The number of nitro groups is 1. The Hall–Kier alpha value is -3.76. The normalized spacial score (nSPS) is 14.6. The average molecular weight is 480 g/mol. The van der Waals surface area contributed by atoms with Crippen LogP contribution in [0, 0.1) is 10.1 Å². The van der Waals surface area contributed by atoms with E-state index in [1.165, 1.54) is 31.0 Å². The molecule has 1 amide bonds. The Kier molecular flexibility index (Phi) is 6.66. The van der Waals surface area contributed by atoms with Gasteiger partial charge in [0.15, 0.2) is 11.5 Å². The highest BCUT2D eigenvalue weighted by molar-refractivity contribution is 8.26. The zero-order valence-electron chi connectivity index (χ0n) is 17.3. The molecule has 0 spiro atoms. The molecule has 1 fully saturated rings. The summed E-state index contributed by atoms with van der Waals surface area (Å²) >= 11 is 6.66. The molecule has 1 aromatic heterocycles. The molecule has 1 saturated heterocycles. The summed E-state index contributed by atoms with van der Waals surface area (Å²) in [5.74, 6) is 0.841. The highest BCUT2D eigenvalue weighted by Crippen LogP contribution is 2.36. The number of aromatic nitrogens is 1. The Balaban J connectivity index is 1.52. The summed E-state index contributed by atoms with van der Waals surface area (Å²) in [6.45, 7) is 0.418. The molecule has 0 aliphatic carbocycles. The molecule has 0 saturated carbocycles. The maximum atomic E-state index is 12.9. The zero-order valence-corrected chi connectivity index (χ0v) is 19.0.